The van der Waals surface area contributed by atoms with Crippen molar-refractivity contribution in [3.63, 3.8) is 0 Å². The summed E-state index contributed by atoms with van der Waals surface area (Å²) in [7, 11) is 0. The van der Waals surface area contributed by atoms with Crippen molar-refractivity contribution < 1.29 is 19.1 Å². The first-order valence-electron chi connectivity index (χ1n) is 11.3. The summed E-state index contributed by atoms with van der Waals surface area (Å²) in [5.74, 6) is -1.38. The number of Topliss-reactive ketones (excluding diaryl/α,β-unsaturated/α-hetero) is 1. The van der Waals surface area contributed by atoms with Crippen molar-refractivity contribution in [1.29, 1.82) is 0 Å². The number of carbonyl (C=O) groups is 2. The molecule has 0 saturated carbocycles. The number of aliphatic hydroxyl groups excluding tert-OH is 1. The van der Waals surface area contributed by atoms with Crippen LogP contribution in [0.3, 0.4) is 0 Å². The Kier molecular flexibility index (Phi) is 5.91. The molecule has 1 amide bonds. The molecule has 0 spiro atoms. The Morgan fingerprint density at radius 1 is 1.14 bits per heavy atom. The Balaban J connectivity index is 1.59. The Bertz CT molecular complexity index is 1460. The number of nitrogens with zero attached hydrogens (tertiary/aromatic N) is 2. The number of pyridine rings is 1. The lowest BCUT2D eigenvalue weighted by Gasteiger charge is -2.27. The molecule has 7 heteroatoms. The molecule has 0 bridgehead atoms. The van der Waals surface area contributed by atoms with Gasteiger partial charge in [0.05, 0.1) is 11.6 Å². The van der Waals surface area contributed by atoms with Gasteiger partial charge in [-0.15, -0.1) is 0 Å². The zero-order valence-corrected chi connectivity index (χ0v) is 20.0. The SMILES string of the molecule is CC(C)c1ccc(C2C(C(=O)c3cc4cc(Cl)ccc4o3)=C(O)C(=O)N2Cc2cccnc2)cc1. The summed E-state index contributed by atoms with van der Waals surface area (Å²) in [4.78, 5) is 32.5. The predicted octanol–water partition coefficient (Wildman–Crippen LogP) is 6.38. The van der Waals surface area contributed by atoms with Gasteiger partial charge in [0.2, 0.25) is 5.78 Å². The summed E-state index contributed by atoms with van der Waals surface area (Å²) >= 11 is 6.08. The van der Waals surface area contributed by atoms with Gasteiger partial charge >= 0.3 is 0 Å². The maximum atomic E-state index is 13.7. The molecule has 0 radical (unpaired) electrons. The minimum Gasteiger partial charge on any atom is -0.503 e. The standard InChI is InChI=1S/C28H23ClN2O4/c1-16(2)18-5-7-19(8-6-18)25-24(26(32)23-13-20-12-21(29)9-10-22(20)35-23)27(33)28(34)31(25)15-17-4-3-11-30-14-17/h3-14,16,25,33H,15H2,1-2H3. The third kappa shape index (κ3) is 4.21. The first-order chi connectivity index (χ1) is 16.8. The quantitative estimate of drug-likeness (QED) is 0.319. The summed E-state index contributed by atoms with van der Waals surface area (Å²) in [5.41, 5.74) is 3.11. The second kappa shape index (κ2) is 9.04. The van der Waals surface area contributed by atoms with E-state index in [-0.39, 0.29) is 17.9 Å². The van der Waals surface area contributed by atoms with Crippen LogP contribution in [0.5, 0.6) is 0 Å². The summed E-state index contributed by atoms with van der Waals surface area (Å²) in [6.07, 6.45) is 3.31. The van der Waals surface area contributed by atoms with Gasteiger partial charge in [-0.2, -0.15) is 0 Å². The number of rotatable bonds is 6. The summed E-state index contributed by atoms with van der Waals surface area (Å²) in [6.45, 7) is 4.37. The van der Waals surface area contributed by atoms with E-state index in [4.69, 9.17) is 16.0 Å². The molecule has 2 aromatic heterocycles. The molecule has 1 N–H and O–H groups in total. The molecule has 1 unspecified atom stereocenters. The van der Waals surface area contributed by atoms with Crippen LogP contribution in [0.1, 0.15) is 53.1 Å². The molecule has 4 aromatic rings. The van der Waals surface area contributed by atoms with E-state index >= 15 is 0 Å². The Morgan fingerprint density at radius 3 is 2.60 bits per heavy atom. The Hall–Kier alpha value is -3.90. The lowest BCUT2D eigenvalue weighted by Crippen LogP contribution is -2.30. The van der Waals surface area contributed by atoms with E-state index in [1.54, 1.807) is 42.7 Å². The van der Waals surface area contributed by atoms with Gasteiger partial charge in [-0.05, 0) is 52.9 Å². The van der Waals surface area contributed by atoms with E-state index in [9.17, 15) is 14.7 Å². The van der Waals surface area contributed by atoms with Gasteiger partial charge in [-0.3, -0.25) is 14.6 Å². The Labute approximate surface area is 207 Å². The van der Waals surface area contributed by atoms with Crippen molar-refractivity contribution in [3.05, 3.63) is 112 Å². The van der Waals surface area contributed by atoms with Crippen LogP contribution in [-0.2, 0) is 11.3 Å². The fraction of sp³-hybridized carbons (Fsp3) is 0.179. The highest BCUT2D eigenvalue weighted by molar-refractivity contribution is 6.31. The minimum absolute atomic E-state index is 0.0126. The lowest BCUT2D eigenvalue weighted by molar-refractivity contribution is -0.130. The highest BCUT2D eigenvalue weighted by atomic mass is 35.5. The van der Waals surface area contributed by atoms with Crippen molar-refractivity contribution in [2.24, 2.45) is 0 Å². The van der Waals surface area contributed by atoms with E-state index in [0.29, 0.717) is 21.9 Å². The van der Waals surface area contributed by atoms with Gasteiger partial charge in [0, 0.05) is 29.3 Å². The molecule has 0 fully saturated rings. The van der Waals surface area contributed by atoms with Gasteiger partial charge in [-0.25, -0.2) is 0 Å². The van der Waals surface area contributed by atoms with Crippen molar-refractivity contribution in [3.8, 4) is 0 Å². The van der Waals surface area contributed by atoms with Gasteiger partial charge in [0.25, 0.3) is 5.91 Å². The minimum atomic E-state index is -0.784. The molecule has 1 aliphatic rings. The van der Waals surface area contributed by atoms with E-state index in [1.807, 2.05) is 30.3 Å². The second-order valence-corrected chi connectivity index (χ2v) is 9.34. The highest BCUT2D eigenvalue weighted by Crippen LogP contribution is 2.41. The largest absolute Gasteiger partial charge is 0.503 e. The number of hydrogen-bond acceptors (Lipinski definition) is 5. The number of carbonyl (C=O) groups excluding carboxylic acids is 2. The first-order valence-corrected chi connectivity index (χ1v) is 11.7. The van der Waals surface area contributed by atoms with Crippen LogP contribution < -0.4 is 0 Å². The van der Waals surface area contributed by atoms with Crippen LogP contribution in [0.25, 0.3) is 11.0 Å². The first kappa shape index (κ1) is 22.9. The number of hydrogen-bond donors (Lipinski definition) is 1. The zero-order valence-electron chi connectivity index (χ0n) is 19.2. The third-order valence-corrected chi connectivity index (χ3v) is 6.48. The van der Waals surface area contributed by atoms with Crippen LogP contribution >= 0.6 is 11.6 Å². The molecular formula is C28H23ClN2O4. The monoisotopic (exact) mass is 486 g/mol. The highest BCUT2D eigenvalue weighted by Gasteiger charge is 2.44. The average molecular weight is 487 g/mol. The van der Waals surface area contributed by atoms with E-state index in [2.05, 4.69) is 18.8 Å². The topological polar surface area (TPSA) is 83.6 Å². The summed E-state index contributed by atoms with van der Waals surface area (Å²) in [6, 6.07) is 17.2. The molecular weight excluding hydrogens is 464 g/mol. The number of fused-ring (bicyclic) bond motifs is 1. The summed E-state index contributed by atoms with van der Waals surface area (Å²) in [5, 5.41) is 12.1. The normalized spacial score (nSPS) is 16.1. The fourth-order valence-corrected chi connectivity index (χ4v) is 4.59. The van der Waals surface area contributed by atoms with E-state index < -0.39 is 23.5 Å². The van der Waals surface area contributed by atoms with Crippen LogP contribution in [0, 0.1) is 0 Å². The molecule has 35 heavy (non-hydrogen) atoms. The molecule has 3 heterocycles. The smallest absolute Gasteiger partial charge is 0.290 e. The molecule has 176 valence electrons. The molecule has 1 aliphatic heterocycles. The van der Waals surface area contributed by atoms with Crippen LogP contribution in [-0.4, -0.2) is 26.7 Å². The number of ketones is 1. The molecule has 2 aromatic carbocycles. The van der Waals surface area contributed by atoms with Crippen molar-refractivity contribution in [2.75, 3.05) is 0 Å². The molecule has 5 rings (SSSR count). The third-order valence-electron chi connectivity index (χ3n) is 6.25. The molecule has 0 aliphatic carbocycles. The van der Waals surface area contributed by atoms with E-state index in [1.165, 1.54) is 4.90 Å². The fourth-order valence-electron chi connectivity index (χ4n) is 4.41. The predicted molar refractivity (Wildman–Crippen MR) is 133 cm³/mol. The van der Waals surface area contributed by atoms with Crippen LogP contribution in [0.4, 0.5) is 0 Å². The van der Waals surface area contributed by atoms with Crippen LogP contribution in [0.2, 0.25) is 5.02 Å². The molecule has 0 saturated heterocycles. The van der Waals surface area contributed by atoms with Gasteiger partial charge < -0.3 is 14.4 Å². The number of aromatic nitrogens is 1. The van der Waals surface area contributed by atoms with Gasteiger partial charge in [0.15, 0.2) is 11.5 Å². The average Bonchev–Trinajstić information content (AvgIpc) is 3.38. The Morgan fingerprint density at radius 2 is 1.91 bits per heavy atom. The van der Waals surface area contributed by atoms with Crippen molar-refractivity contribution in [2.45, 2.75) is 32.4 Å². The molecule has 1 atom stereocenters. The number of benzene rings is 2. The zero-order chi connectivity index (χ0) is 24.7. The maximum Gasteiger partial charge on any atom is 0.290 e. The van der Waals surface area contributed by atoms with Crippen molar-refractivity contribution in [1.82, 2.24) is 9.88 Å². The second-order valence-electron chi connectivity index (χ2n) is 8.90. The maximum absolute atomic E-state index is 13.7. The number of aliphatic hydroxyl groups is 1. The number of halogens is 1. The van der Waals surface area contributed by atoms with Crippen molar-refractivity contribution >= 4 is 34.3 Å². The van der Waals surface area contributed by atoms with E-state index in [0.717, 1.165) is 16.7 Å². The molecule has 6 nitrogen and oxygen atoms in total. The van der Waals surface area contributed by atoms with Crippen LogP contribution in [0.15, 0.2) is 88.8 Å². The summed E-state index contributed by atoms with van der Waals surface area (Å²) < 4.78 is 5.78. The number of furan rings is 1. The van der Waals surface area contributed by atoms with Gasteiger partial charge in [-0.1, -0.05) is 55.8 Å². The number of amides is 1. The van der Waals surface area contributed by atoms with Gasteiger partial charge in [0.1, 0.15) is 5.58 Å². The lowest BCUT2D eigenvalue weighted by atomic mass is 9.92.